The maximum atomic E-state index is 11.4. The van der Waals surface area contributed by atoms with E-state index in [-0.39, 0.29) is 10.8 Å². The average Bonchev–Trinajstić information content (AvgIpc) is 2.36. The van der Waals surface area contributed by atoms with Crippen LogP contribution in [0.15, 0.2) is 17.0 Å². The molecule has 21 heavy (non-hydrogen) atoms. The summed E-state index contributed by atoms with van der Waals surface area (Å²) < 4.78 is 37.9. The van der Waals surface area contributed by atoms with Crippen LogP contribution in [0.3, 0.4) is 0 Å². The number of benzene rings is 1. The third kappa shape index (κ3) is 5.32. The highest BCUT2D eigenvalue weighted by Crippen LogP contribution is 2.31. The number of hydrogen-bond donors (Lipinski definition) is 1. The van der Waals surface area contributed by atoms with Gasteiger partial charge in [-0.15, -0.1) is 0 Å². The Bertz CT molecular complexity index is 562. The minimum Gasteiger partial charge on any atom is -0.493 e. The van der Waals surface area contributed by atoms with E-state index in [2.05, 4.69) is 6.92 Å². The SMILES string of the molecule is CCCCCCOc1cc(C)c(S(=O)(=O)O)cc1C(C)C. The summed E-state index contributed by atoms with van der Waals surface area (Å²) in [7, 11) is -4.19. The quantitative estimate of drug-likeness (QED) is 0.573. The van der Waals surface area contributed by atoms with Crippen molar-refractivity contribution in [2.45, 2.75) is 64.2 Å². The molecule has 0 aliphatic heterocycles. The first-order valence-electron chi connectivity index (χ1n) is 7.52. The summed E-state index contributed by atoms with van der Waals surface area (Å²) in [5.41, 5.74) is 1.31. The largest absolute Gasteiger partial charge is 0.493 e. The molecule has 0 heterocycles. The molecule has 0 aliphatic carbocycles. The minimum absolute atomic E-state index is 0.0375. The van der Waals surface area contributed by atoms with E-state index < -0.39 is 10.1 Å². The molecule has 1 aromatic rings. The summed E-state index contributed by atoms with van der Waals surface area (Å²) in [4.78, 5) is -0.0375. The number of unbranched alkanes of at least 4 members (excludes halogenated alkanes) is 3. The Morgan fingerprint density at radius 3 is 2.38 bits per heavy atom. The summed E-state index contributed by atoms with van der Waals surface area (Å²) in [6.07, 6.45) is 4.50. The first-order chi connectivity index (χ1) is 9.77. The van der Waals surface area contributed by atoms with Crippen LogP contribution < -0.4 is 4.74 Å². The Morgan fingerprint density at radius 1 is 1.19 bits per heavy atom. The maximum absolute atomic E-state index is 11.4. The van der Waals surface area contributed by atoms with Gasteiger partial charge in [-0.2, -0.15) is 8.42 Å². The van der Waals surface area contributed by atoms with E-state index in [0.717, 1.165) is 18.4 Å². The molecular weight excluding hydrogens is 288 g/mol. The normalized spacial score (nSPS) is 11.9. The highest BCUT2D eigenvalue weighted by molar-refractivity contribution is 7.85. The predicted molar refractivity (Wildman–Crippen MR) is 84.7 cm³/mol. The third-order valence-electron chi connectivity index (χ3n) is 3.46. The van der Waals surface area contributed by atoms with E-state index in [1.54, 1.807) is 13.0 Å². The molecule has 0 aromatic heterocycles. The first kappa shape index (κ1) is 18.0. The van der Waals surface area contributed by atoms with E-state index in [0.29, 0.717) is 17.9 Å². The van der Waals surface area contributed by atoms with Crippen LogP contribution in [0.2, 0.25) is 0 Å². The fourth-order valence-electron chi connectivity index (χ4n) is 2.24. The van der Waals surface area contributed by atoms with Gasteiger partial charge in [-0.25, -0.2) is 0 Å². The van der Waals surface area contributed by atoms with Crippen molar-refractivity contribution < 1.29 is 17.7 Å². The Balaban J connectivity index is 2.96. The lowest BCUT2D eigenvalue weighted by atomic mass is 10.0. The average molecular weight is 314 g/mol. The van der Waals surface area contributed by atoms with Crippen LogP contribution in [0.5, 0.6) is 5.75 Å². The number of hydrogen-bond acceptors (Lipinski definition) is 3. The van der Waals surface area contributed by atoms with Crippen molar-refractivity contribution in [1.29, 1.82) is 0 Å². The highest BCUT2D eigenvalue weighted by atomic mass is 32.2. The van der Waals surface area contributed by atoms with Gasteiger partial charge in [-0.1, -0.05) is 40.0 Å². The molecule has 0 amide bonds. The molecule has 0 atom stereocenters. The predicted octanol–water partition coefficient (Wildman–Crippen LogP) is 4.32. The monoisotopic (exact) mass is 314 g/mol. The fourth-order valence-corrected chi connectivity index (χ4v) is 2.98. The van der Waals surface area contributed by atoms with Crippen LogP contribution in [0.1, 0.15) is 63.5 Å². The number of rotatable bonds is 8. The van der Waals surface area contributed by atoms with E-state index in [4.69, 9.17) is 4.74 Å². The van der Waals surface area contributed by atoms with Crippen molar-refractivity contribution in [3.63, 3.8) is 0 Å². The summed E-state index contributed by atoms with van der Waals surface area (Å²) in [6.45, 7) is 8.40. The Kier molecular flexibility index (Phi) is 6.68. The zero-order valence-corrected chi connectivity index (χ0v) is 14.2. The van der Waals surface area contributed by atoms with Gasteiger partial charge in [0.15, 0.2) is 0 Å². The fraction of sp³-hybridized carbons (Fsp3) is 0.625. The van der Waals surface area contributed by atoms with E-state index in [1.165, 1.54) is 18.9 Å². The van der Waals surface area contributed by atoms with Crippen molar-refractivity contribution >= 4 is 10.1 Å². The van der Waals surface area contributed by atoms with Crippen molar-refractivity contribution in [3.05, 3.63) is 23.3 Å². The molecule has 0 spiro atoms. The second-order valence-corrected chi connectivity index (χ2v) is 7.08. The molecule has 0 bridgehead atoms. The van der Waals surface area contributed by atoms with E-state index in [9.17, 15) is 13.0 Å². The Morgan fingerprint density at radius 2 is 1.86 bits per heavy atom. The summed E-state index contributed by atoms with van der Waals surface area (Å²) in [5.74, 6) is 0.836. The van der Waals surface area contributed by atoms with Gasteiger partial charge in [0.05, 0.1) is 11.5 Å². The van der Waals surface area contributed by atoms with Gasteiger partial charge < -0.3 is 4.74 Å². The molecular formula is C16H26O4S. The van der Waals surface area contributed by atoms with Crippen molar-refractivity contribution in [1.82, 2.24) is 0 Å². The van der Waals surface area contributed by atoms with Gasteiger partial charge in [0.25, 0.3) is 10.1 Å². The maximum Gasteiger partial charge on any atom is 0.294 e. The molecule has 0 saturated heterocycles. The summed E-state index contributed by atoms with van der Waals surface area (Å²) in [5, 5.41) is 0. The Hall–Kier alpha value is -1.07. The van der Waals surface area contributed by atoms with Crippen LogP contribution >= 0.6 is 0 Å². The third-order valence-corrected chi connectivity index (χ3v) is 4.46. The second kappa shape index (κ2) is 7.80. The number of aryl methyl sites for hydroxylation is 1. The smallest absolute Gasteiger partial charge is 0.294 e. The molecule has 1 N–H and O–H groups in total. The van der Waals surface area contributed by atoms with Crippen LogP contribution in [0.25, 0.3) is 0 Å². The number of ether oxygens (including phenoxy) is 1. The lowest BCUT2D eigenvalue weighted by Gasteiger charge is -2.16. The van der Waals surface area contributed by atoms with Crippen LogP contribution in [0, 0.1) is 6.92 Å². The van der Waals surface area contributed by atoms with Crippen molar-refractivity contribution in [2.75, 3.05) is 6.61 Å². The molecule has 1 aromatic carbocycles. The van der Waals surface area contributed by atoms with Gasteiger partial charge in [0.2, 0.25) is 0 Å². The van der Waals surface area contributed by atoms with Crippen molar-refractivity contribution in [2.24, 2.45) is 0 Å². The van der Waals surface area contributed by atoms with E-state index >= 15 is 0 Å². The van der Waals surface area contributed by atoms with Gasteiger partial charge >= 0.3 is 0 Å². The van der Waals surface area contributed by atoms with Gasteiger partial charge in [-0.3, -0.25) is 4.55 Å². The molecule has 120 valence electrons. The Labute approximate surface area is 128 Å². The molecule has 4 nitrogen and oxygen atoms in total. The highest BCUT2D eigenvalue weighted by Gasteiger charge is 2.18. The summed E-state index contributed by atoms with van der Waals surface area (Å²) in [6, 6.07) is 3.23. The van der Waals surface area contributed by atoms with Crippen LogP contribution in [-0.4, -0.2) is 19.6 Å². The zero-order chi connectivity index (χ0) is 16.0. The second-order valence-electron chi connectivity index (χ2n) is 5.69. The first-order valence-corrected chi connectivity index (χ1v) is 8.96. The molecule has 0 fully saturated rings. The molecule has 0 saturated carbocycles. The topological polar surface area (TPSA) is 63.6 Å². The van der Waals surface area contributed by atoms with Crippen LogP contribution in [-0.2, 0) is 10.1 Å². The lowest BCUT2D eigenvalue weighted by molar-refractivity contribution is 0.300. The molecule has 0 unspecified atom stereocenters. The van der Waals surface area contributed by atoms with E-state index in [1.807, 2.05) is 13.8 Å². The van der Waals surface area contributed by atoms with Gasteiger partial charge in [0, 0.05) is 0 Å². The van der Waals surface area contributed by atoms with Gasteiger partial charge in [0.1, 0.15) is 5.75 Å². The minimum atomic E-state index is -4.19. The molecule has 0 radical (unpaired) electrons. The standard InChI is InChI=1S/C16H26O4S/c1-5-6-7-8-9-20-15-10-13(4)16(21(17,18)19)11-14(15)12(2)3/h10-12H,5-9H2,1-4H3,(H,17,18,19). The summed E-state index contributed by atoms with van der Waals surface area (Å²) >= 11 is 0. The molecule has 0 aliphatic rings. The van der Waals surface area contributed by atoms with Crippen molar-refractivity contribution in [3.8, 4) is 5.75 Å². The van der Waals surface area contributed by atoms with Crippen LogP contribution in [0.4, 0.5) is 0 Å². The zero-order valence-electron chi connectivity index (χ0n) is 13.3. The van der Waals surface area contributed by atoms with Gasteiger partial charge in [-0.05, 0) is 42.5 Å². The lowest BCUT2D eigenvalue weighted by Crippen LogP contribution is -2.06. The molecule has 1 rings (SSSR count). The molecule has 5 heteroatoms.